The van der Waals surface area contributed by atoms with Crippen molar-refractivity contribution in [2.24, 2.45) is 0 Å². The molecule has 2 heteroatoms. The van der Waals surface area contributed by atoms with Gasteiger partial charge in [0.2, 0.25) is 0 Å². The maximum Gasteiger partial charge on any atom is 0.0799 e. The summed E-state index contributed by atoms with van der Waals surface area (Å²) in [5.41, 5.74) is 0. The van der Waals surface area contributed by atoms with E-state index < -0.39 is 12.2 Å². The van der Waals surface area contributed by atoms with Gasteiger partial charge in [0, 0.05) is 0 Å². The fourth-order valence-electron chi connectivity index (χ4n) is 4.11. The fraction of sp³-hybridized carbons (Fsp3) is 0.926. The number of allylic oxidation sites excluding steroid dienone is 1. The molecule has 0 radical (unpaired) electrons. The van der Waals surface area contributed by atoms with Crippen LogP contribution in [0.4, 0.5) is 0 Å². The Morgan fingerprint density at radius 3 is 1.17 bits per heavy atom. The molecule has 0 aliphatic rings. The van der Waals surface area contributed by atoms with Crippen LogP contribution < -0.4 is 0 Å². The molecule has 0 aliphatic heterocycles. The van der Waals surface area contributed by atoms with E-state index in [1.807, 2.05) is 6.08 Å². The SMILES string of the molecule is C=CCCCCCCCCCCCCCCCC(O)C(O)CCCCCCCC. The Kier molecular flexibility index (Phi) is 23.7. The summed E-state index contributed by atoms with van der Waals surface area (Å²) in [6.07, 6.45) is 28.5. The van der Waals surface area contributed by atoms with E-state index >= 15 is 0 Å². The maximum atomic E-state index is 10.1. The van der Waals surface area contributed by atoms with Crippen LogP contribution in [0.5, 0.6) is 0 Å². The molecule has 0 fully saturated rings. The Labute approximate surface area is 183 Å². The molecule has 0 rings (SSSR count). The van der Waals surface area contributed by atoms with E-state index in [9.17, 15) is 10.2 Å². The minimum Gasteiger partial charge on any atom is -0.390 e. The maximum absolute atomic E-state index is 10.1. The summed E-state index contributed by atoms with van der Waals surface area (Å²) >= 11 is 0. The average molecular weight is 411 g/mol. The van der Waals surface area contributed by atoms with Crippen LogP contribution in [0.1, 0.15) is 148 Å². The van der Waals surface area contributed by atoms with Gasteiger partial charge < -0.3 is 10.2 Å². The molecular weight excluding hydrogens is 356 g/mol. The predicted octanol–water partition coefficient (Wildman–Crippen LogP) is 8.50. The third kappa shape index (κ3) is 22.2. The molecule has 0 saturated heterocycles. The smallest absolute Gasteiger partial charge is 0.0799 e. The van der Waals surface area contributed by atoms with Gasteiger partial charge in [0.1, 0.15) is 0 Å². The second kappa shape index (κ2) is 23.9. The monoisotopic (exact) mass is 410 g/mol. The largest absolute Gasteiger partial charge is 0.390 e. The Bertz CT molecular complexity index is 316. The van der Waals surface area contributed by atoms with Gasteiger partial charge in [0.15, 0.2) is 0 Å². The summed E-state index contributed by atoms with van der Waals surface area (Å²) in [5, 5.41) is 20.2. The highest BCUT2D eigenvalue weighted by molar-refractivity contribution is 4.67. The molecule has 2 unspecified atom stereocenters. The van der Waals surface area contributed by atoms with Crippen molar-refractivity contribution in [3.05, 3.63) is 12.7 Å². The topological polar surface area (TPSA) is 40.5 Å². The Hall–Kier alpha value is -0.340. The second-order valence-corrected chi connectivity index (χ2v) is 9.15. The van der Waals surface area contributed by atoms with Gasteiger partial charge in [-0.3, -0.25) is 0 Å². The van der Waals surface area contributed by atoms with Gasteiger partial charge in [-0.1, -0.05) is 129 Å². The molecule has 2 nitrogen and oxygen atoms in total. The molecule has 2 N–H and O–H groups in total. The lowest BCUT2D eigenvalue weighted by Crippen LogP contribution is -2.25. The van der Waals surface area contributed by atoms with Crippen molar-refractivity contribution >= 4 is 0 Å². The first-order valence-electron chi connectivity index (χ1n) is 13.2. The van der Waals surface area contributed by atoms with Crippen molar-refractivity contribution < 1.29 is 10.2 Å². The molecule has 0 saturated carbocycles. The molecule has 0 aromatic heterocycles. The van der Waals surface area contributed by atoms with Crippen molar-refractivity contribution in [2.75, 3.05) is 0 Å². The average Bonchev–Trinajstić information content (AvgIpc) is 2.73. The zero-order valence-corrected chi connectivity index (χ0v) is 19.9. The van der Waals surface area contributed by atoms with Gasteiger partial charge in [-0.2, -0.15) is 0 Å². The molecule has 0 amide bonds. The van der Waals surface area contributed by atoms with Gasteiger partial charge in [-0.25, -0.2) is 0 Å². The number of aliphatic hydroxyl groups excluding tert-OH is 2. The molecular formula is C27H54O2. The molecule has 0 heterocycles. The van der Waals surface area contributed by atoms with Gasteiger partial charge in [0.05, 0.1) is 12.2 Å². The molecule has 0 aromatic rings. The predicted molar refractivity (Wildman–Crippen MR) is 129 cm³/mol. The van der Waals surface area contributed by atoms with Crippen LogP contribution in [0.2, 0.25) is 0 Å². The van der Waals surface area contributed by atoms with E-state index in [2.05, 4.69) is 13.5 Å². The van der Waals surface area contributed by atoms with E-state index in [1.54, 1.807) is 0 Å². The lowest BCUT2D eigenvalue weighted by atomic mass is 9.99. The van der Waals surface area contributed by atoms with Crippen molar-refractivity contribution in [3.63, 3.8) is 0 Å². The van der Waals surface area contributed by atoms with Crippen LogP contribution >= 0.6 is 0 Å². The normalized spacial score (nSPS) is 13.5. The quantitative estimate of drug-likeness (QED) is 0.124. The van der Waals surface area contributed by atoms with Gasteiger partial charge in [-0.15, -0.1) is 6.58 Å². The van der Waals surface area contributed by atoms with Crippen LogP contribution in [0, 0.1) is 0 Å². The highest BCUT2D eigenvalue weighted by Crippen LogP contribution is 2.16. The van der Waals surface area contributed by atoms with Crippen LogP contribution in [0.25, 0.3) is 0 Å². The van der Waals surface area contributed by atoms with Crippen LogP contribution in [0.3, 0.4) is 0 Å². The first-order valence-corrected chi connectivity index (χ1v) is 13.2. The number of hydrogen-bond acceptors (Lipinski definition) is 2. The lowest BCUT2D eigenvalue weighted by Gasteiger charge is -2.17. The second-order valence-electron chi connectivity index (χ2n) is 9.15. The molecule has 0 bridgehead atoms. The van der Waals surface area contributed by atoms with Gasteiger partial charge >= 0.3 is 0 Å². The fourth-order valence-corrected chi connectivity index (χ4v) is 4.11. The van der Waals surface area contributed by atoms with E-state index in [0.29, 0.717) is 0 Å². The summed E-state index contributed by atoms with van der Waals surface area (Å²) in [6.45, 7) is 6.00. The highest BCUT2D eigenvalue weighted by atomic mass is 16.3. The van der Waals surface area contributed by atoms with E-state index in [-0.39, 0.29) is 0 Å². The van der Waals surface area contributed by atoms with Crippen molar-refractivity contribution in [1.29, 1.82) is 0 Å². The Morgan fingerprint density at radius 2 is 0.828 bits per heavy atom. The first kappa shape index (κ1) is 28.7. The summed E-state index contributed by atoms with van der Waals surface area (Å²) < 4.78 is 0. The van der Waals surface area contributed by atoms with Crippen LogP contribution in [-0.2, 0) is 0 Å². The molecule has 0 spiro atoms. The van der Waals surface area contributed by atoms with E-state index in [1.165, 1.54) is 116 Å². The summed E-state index contributed by atoms with van der Waals surface area (Å²) in [6, 6.07) is 0. The zero-order chi connectivity index (χ0) is 21.4. The first-order chi connectivity index (χ1) is 14.2. The third-order valence-corrected chi connectivity index (χ3v) is 6.21. The minimum atomic E-state index is -0.512. The number of hydrogen-bond donors (Lipinski definition) is 2. The summed E-state index contributed by atoms with van der Waals surface area (Å²) in [7, 11) is 0. The number of aliphatic hydroxyl groups is 2. The Balaban J connectivity index is 3.25. The van der Waals surface area contributed by atoms with E-state index in [0.717, 1.165) is 25.7 Å². The molecule has 0 aliphatic carbocycles. The van der Waals surface area contributed by atoms with Crippen molar-refractivity contribution in [3.8, 4) is 0 Å². The van der Waals surface area contributed by atoms with E-state index in [4.69, 9.17) is 0 Å². The van der Waals surface area contributed by atoms with Crippen LogP contribution in [-0.4, -0.2) is 22.4 Å². The molecule has 2 atom stereocenters. The minimum absolute atomic E-state index is 0.511. The van der Waals surface area contributed by atoms with Gasteiger partial charge in [-0.05, 0) is 25.7 Å². The number of rotatable bonds is 24. The standard InChI is InChI=1S/C27H54O2/c1-3-5-7-9-11-12-13-14-15-16-17-18-19-21-23-25-27(29)26(28)24-22-20-10-8-6-4-2/h3,26-29H,1,4-25H2,2H3. The van der Waals surface area contributed by atoms with Crippen molar-refractivity contribution in [1.82, 2.24) is 0 Å². The molecule has 29 heavy (non-hydrogen) atoms. The molecule has 174 valence electrons. The third-order valence-electron chi connectivity index (χ3n) is 6.21. The van der Waals surface area contributed by atoms with Gasteiger partial charge in [0.25, 0.3) is 0 Å². The number of unbranched alkanes of at least 4 members (excludes halogenated alkanes) is 18. The summed E-state index contributed by atoms with van der Waals surface area (Å²) in [5.74, 6) is 0. The Morgan fingerprint density at radius 1 is 0.517 bits per heavy atom. The summed E-state index contributed by atoms with van der Waals surface area (Å²) in [4.78, 5) is 0. The lowest BCUT2D eigenvalue weighted by molar-refractivity contribution is 0.00712. The van der Waals surface area contributed by atoms with Crippen molar-refractivity contribution in [2.45, 2.75) is 160 Å². The highest BCUT2D eigenvalue weighted by Gasteiger charge is 2.15. The van der Waals surface area contributed by atoms with Crippen LogP contribution in [0.15, 0.2) is 12.7 Å². The molecule has 0 aromatic carbocycles. The zero-order valence-electron chi connectivity index (χ0n) is 19.9.